The highest BCUT2D eigenvalue weighted by Gasteiger charge is 2.35. The topological polar surface area (TPSA) is 99.2 Å². The molecule has 0 saturated carbocycles. The maximum atomic E-state index is 12.3. The van der Waals surface area contributed by atoms with Gasteiger partial charge in [-0.25, -0.2) is 14.4 Å². The van der Waals surface area contributed by atoms with Crippen molar-refractivity contribution in [2.45, 2.75) is 65.6 Å². The Kier molecular flexibility index (Phi) is 8.32. The third-order valence-corrected chi connectivity index (χ3v) is 2.35. The van der Waals surface area contributed by atoms with Crippen LogP contribution < -0.4 is 0 Å². The van der Waals surface area contributed by atoms with Crippen LogP contribution in [0.4, 0.5) is 9.59 Å². The number of nitrogens with zero attached hydrogens (tertiary/aromatic N) is 1. The summed E-state index contributed by atoms with van der Waals surface area (Å²) < 4.78 is 14.9. The zero-order valence-electron chi connectivity index (χ0n) is 15.7. The minimum absolute atomic E-state index is 0.0485. The summed E-state index contributed by atoms with van der Waals surface area (Å²) in [4.78, 5) is 47.9. The highest BCUT2D eigenvalue weighted by atomic mass is 16.6. The van der Waals surface area contributed by atoms with Crippen LogP contribution in [0.5, 0.6) is 0 Å². The minimum atomic E-state index is -1.12. The number of hydrogen-bond acceptors (Lipinski definition) is 7. The fourth-order valence-electron chi connectivity index (χ4n) is 1.46. The summed E-state index contributed by atoms with van der Waals surface area (Å²) in [5, 5.41) is 0. The molecule has 25 heavy (non-hydrogen) atoms. The second-order valence-corrected chi connectivity index (χ2v) is 7.17. The number of ether oxygens (including phenoxy) is 3. The van der Waals surface area contributed by atoms with E-state index < -0.39 is 35.3 Å². The van der Waals surface area contributed by atoms with Crippen LogP contribution in [0, 0.1) is 0 Å². The third-order valence-electron chi connectivity index (χ3n) is 2.35. The number of imide groups is 3. The van der Waals surface area contributed by atoms with Gasteiger partial charge in [0, 0.05) is 12.5 Å². The molecule has 0 aliphatic rings. The van der Waals surface area contributed by atoms with Gasteiger partial charge in [-0.15, -0.1) is 4.90 Å². The maximum Gasteiger partial charge on any atom is 0.426 e. The van der Waals surface area contributed by atoms with Crippen molar-refractivity contribution < 1.29 is 33.4 Å². The number of rotatable bonds is 5. The molecule has 0 spiro atoms. The first-order valence-corrected chi connectivity index (χ1v) is 7.85. The molecule has 0 radical (unpaired) electrons. The summed E-state index contributed by atoms with van der Waals surface area (Å²) in [5.74, 6) is -1.43. The van der Waals surface area contributed by atoms with E-state index >= 15 is 0 Å². The van der Waals surface area contributed by atoms with Gasteiger partial charge in [-0.3, -0.25) is 4.79 Å². The molecule has 0 atom stereocenters. The standard InChI is InChI=1S/C17H27NO7/c1-8-13(20)23-11-9-10-12(19)18(14(21)24-16(2,3)4)15(22)25-17(5,6)7/h8H,1,9-11H2,2-7H3. The van der Waals surface area contributed by atoms with Gasteiger partial charge in [0.1, 0.15) is 11.2 Å². The third kappa shape index (κ3) is 10.2. The van der Waals surface area contributed by atoms with Crippen LogP contribution in [0.3, 0.4) is 0 Å². The Morgan fingerprint density at radius 2 is 1.36 bits per heavy atom. The Morgan fingerprint density at radius 3 is 1.72 bits per heavy atom. The summed E-state index contributed by atoms with van der Waals surface area (Å²) >= 11 is 0. The smallest absolute Gasteiger partial charge is 0.426 e. The van der Waals surface area contributed by atoms with E-state index in [1.54, 1.807) is 41.5 Å². The van der Waals surface area contributed by atoms with Crippen LogP contribution in [0.2, 0.25) is 0 Å². The Bertz CT molecular complexity index is 498. The van der Waals surface area contributed by atoms with Crippen molar-refractivity contribution in [3.8, 4) is 0 Å². The summed E-state index contributed by atoms with van der Waals surface area (Å²) in [6.07, 6.45) is -1.32. The summed E-state index contributed by atoms with van der Waals surface area (Å²) in [6, 6.07) is 0. The SMILES string of the molecule is C=CC(=O)OCCCC(=O)N(C(=O)OC(C)(C)C)C(=O)OC(C)(C)C. The summed E-state index contributed by atoms with van der Waals surface area (Å²) in [7, 11) is 0. The van der Waals surface area contributed by atoms with E-state index in [0.717, 1.165) is 6.08 Å². The lowest BCUT2D eigenvalue weighted by atomic mass is 10.2. The number of esters is 1. The predicted octanol–water partition coefficient (Wildman–Crippen LogP) is 3.19. The first-order valence-electron chi connectivity index (χ1n) is 7.85. The first-order chi connectivity index (χ1) is 11.3. The van der Waals surface area contributed by atoms with Crippen LogP contribution in [0.15, 0.2) is 12.7 Å². The van der Waals surface area contributed by atoms with Crippen LogP contribution in [0.25, 0.3) is 0 Å². The molecular formula is C17H27NO7. The van der Waals surface area contributed by atoms with Crippen LogP contribution in [-0.4, -0.2) is 46.8 Å². The molecule has 3 amide bonds. The van der Waals surface area contributed by atoms with Crippen molar-refractivity contribution in [1.29, 1.82) is 0 Å². The molecule has 0 aromatic rings. The number of amides is 3. The van der Waals surface area contributed by atoms with Crippen molar-refractivity contribution in [1.82, 2.24) is 4.90 Å². The van der Waals surface area contributed by atoms with E-state index in [-0.39, 0.29) is 19.4 Å². The zero-order chi connectivity index (χ0) is 19.8. The maximum absolute atomic E-state index is 12.3. The molecule has 0 fully saturated rings. The molecule has 0 aliphatic carbocycles. The minimum Gasteiger partial charge on any atom is -0.463 e. The molecule has 0 N–H and O–H groups in total. The number of carbonyl (C=O) groups is 4. The van der Waals surface area contributed by atoms with Crippen molar-refractivity contribution in [3.05, 3.63) is 12.7 Å². The number of hydrogen-bond donors (Lipinski definition) is 0. The number of carbonyl (C=O) groups excluding carboxylic acids is 4. The Hall–Kier alpha value is -2.38. The lowest BCUT2D eigenvalue weighted by Crippen LogP contribution is -2.46. The largest absolute Gasteiger partial charge is 0.463 e. The lowest BCUT2D eigenvalue weighted by molar-refractivity contribution is -0.139. The van der Waals surface area contributed by atoms with Gasteiger partial charge in [0.05, 0.1) is 6.61 Å². The fraction of sp³-hybridized carbons (Fsp3) is 0.647. The van der Waals surface area contributed by atoms with Crippen LogP contribution in [-0.2, 0) is 23.8 Å². The van der Waals surface area contributed by atoms with Gasteiger partial charge in [-0.05, 0) is 48.0 Å². The van der Waals surface area contributed by atoms with Crippen molar-refractivity contribution in [3.63, 3.8) is 0 Å². The average Bonchev–Trinajstić information content (AvgIpc) is 2.39. The molecule has 0 rings (SSSR count). The summed E-state index contributed by atoms with van der Waals surface area (Å²) in [6.45, 7) is 12.8. The van der Waals surface area contributed by atoms with Gasteiger partial charge in [-0.2, -0.15) is 0 Å². The molecule has 0 aromatic heterocycles. The molecule has 0 aromatic carbocycles. The van der Waals surface area contributed by atoms with E-state index in [9.17, 15) is 19.2 Å². The molecule has 8 heteroatoms. The zero-order valence-corrected chi connectivity index (χ0v) is 15.7. The Labute approximate surface area is 148 Å². The van der Waals surface area contributed by atoms with E-state index in [1.807, 2.05) is 0 Å². The molecule has 8 nitrogen and oxygen atoms in total. The molecule has 142 valence electrons. The molecule has 0 saturated heterocycles. The predicted molar refractivity (Wildman–Crippen MR) is 89.7 cm³/mol. The van der Waals surface area contributed by atoms with E-state index in [0.29, 0.717) is 4.90 Å². The van der Waals surface area contributed by atoms with Gasteiger partial charge < -0.3 is 14.2 Å². The Balaban J connectivity index is 5.01. The summed E-state index contributed by atoms with van der Waals surface area (Å²) in [5.41, 5.74) is -1.78. The molecule has 0 heterocycles. The second-order valence-electron chi connectivity index (χ2n) is 7.17. The van der Waals surface area contributed by atoms with Crippen molar-refractivity contribution in [2.75, 3.05) is 6.61 Å². The molecule has 0 aliphatic heterocycles. The fourth-order valence-corrected chi connectivity index (χ4v) is 1.46. The van der Waals surface area contributed by atoms with E-state index in [1.165, 1.54) is 0 Å². The van der Waals surface area contributed by atoms with Gasteiger partial charge in [0.2, 0.25) is 5.91 Å². The quantitative estimate of drug-likeness (QED) is 0.322. The monoisotopic (exact) mass is 357 g/mol. The van der Waals surface area contributed by atoms with Crippen LogP contribution >= 0.6 is 0 Å². The molecule has 0 bridgehead atoms. The van der Waals surface area contributed by atoms with E-state index in [4.69, 9.17) is 14.2 Å². The van der Waals surface area contributed by atoms with Crippen molar-refractivity contribution >= 4 is 24.1 Å². The molecular weight excluding hydrogens is 330 g/mol. The lowest BCUT2D eigenvalue weighted by Gasteiger charge is -2.27. The highest BCUT2D eigenvalue weighted by molar-refractivity contribution is 6.06. The van der Waals surface area contributed by atoms with E-state index in [2.05, 4.69) is 6.58 Å². The normalized spacial score (nSPS) is 11.3. The van der Waals surface area contributed by atoms with Crippen molar-refractivity contribution in [2.24, 2.45) is 0 Å². The van der Waals surface area contributed by atoms with Gasteiger partial charge >= 0.3 is 18.2 Å². The van der Waals surface area contributed by atoms with Crippen LogP contribution in [0.1, 0.15) is 54.4 Å². The van der Waals surface area contributed by atoms with Gasteiger partial charge in [0.15, 0.2) is 0 Å². The average molecular weight is 357 g/mol. The van der Waals surface area contributed by atoms with Gasteiger partial charge in [0.25, 0.3) is 0 Å². The van der Waals surface area contributed by atoms with Gasteiger partial charge in [-0.1, -0.05) is 6.58 Å². The second kappa shape index (κ2) is 9.19. The first kappa shape index (κ1) is 22.6. The molecule has 0 unspecified atom stereocenters. The Morgan fingerprint density at radius 1 is 0.920 bits per heavy atom. The highest BCUT2D eigenvalue weighted by Crippen LogP contribution is 2.16.